The second-order valence-corrected chi connectivity index (χ2v) is 8.52. The molecule has 2 aliphatic heterocycles. The number of anilines is 2. The predicted octanol–water partition coefficient (Wildman–Crippen LogP) is 4.06. The highest BCUT2D eigenvalue weighted by atomic mass is 16.5. The minimum atomic E-state index is -0.368. The number of benzene rings is 2. The van der Waals surface area contributed by atoms with Gasteiger partial charge in [0.15, 0.2) is 0 Å². The monoisotopic (exact) mass is 447 g/mol. The Morgan fingerprint density at radius 2 is 1.82 bits per heavy atom. The van der Waals surface area contributed by atoms with E-state index in [-0.39, 0.29) is 17.7 Å². The molecule has 1 unspecified atom stereocenters. The van der Waals surface area contributed by atoms with Crippen LogP contribution in [-0.2, 0) is 14.4 Å². The van der Waals surface area contributed by atoms with E-state index < -0.39 is 0 Å². The van der Waals surface area contributed by atoms with Crippen molar-refractivity contribution >= 4 is 34.7 Å². The molecule has 7 nitrogen and oxygen atoms in total. The molecule has 33 heavy (non-hydrogen) atoms. The van der Waals surface area contributed by atoms with Gasteiger partial charge in [-0.15, -0.1) is 0 Å². The number of para-hydroxylation sites is 2. The number of nitrogens with zero attached hydrogens (tertiary/aromatic N) is 2. The molecular formula is C26H29N3O4. The van der Waals surface area contributed by atoms with Crippen LogP contribution in [-0.4, -0.2) is 42.3 Å². The lowest BCUT2D eigenvalue weighted by atomic mass is 9.97. The molecule has 1 saturated heterocycles. The van der Waals surface area contributed by atoms with E-state index in [1.807, 2.05) is 13.0 Å². The second kappa shape index (κ2) is 9.48. The largest absolute Gasteiger partial charge is 0.492 e. The van der Waals surface area contributed by atoms with E-state index in [0.29, 0.717) is 46.5 Å². The lowest BCUT2D eigenvalue weighted by Crippen LogP contribution is -2.39. The lowest BCUT2D eigenvalue weighted by Gasteiger charge is -2.33. The Morgan fingerprint density at radius 3 is 2.48 bits per heavy atom. The highest BCUT2D eigenvalue weighted by molar-refractivity contribution is 6.45. The van der Waals surface area contributed by atoms with Crippen molar-refractivity contribution in [3.63, 3.8) is 0 Å². The van der Waals surface area contributed by atoms with Crippen LogP contribution in [0.1, 0.15) is 39.2 Å². The molecular weight excluding hydrogens is 418 g/mol. The Hall–Kier alpha value is -3.61. The zero-order valence-electron chi connectivity index (χ0n) is 19.3. The van der Waals surface area contributed by atoms with Crippen LogP contribution < -0.4 is 15.0 Å². The van der Waals surface area contributed by atoms with Crippen molar-refractivity contribution in [2.24, 2.45) is 5.92 Å². The summed E-state index contributed by atoms with van der Waals surface area (Å²) in [7, 11) is 0. The molecule has 4 rings (SSSR count). The fraction of sp³-hybridized carbons (Fsp3) is 0.346. The molecule has 1 fully saturated rings. The van der Waals surface area contributed by atoms with E-state index >= 15 is 0 Å². The Kier molecular flexibility index (Phi) is 6.49. The Bertz CT molecular complexity index is 1110. The van der Waals surface area contributed by atoms with Gasteiger partial charge in [-0.1, -0.05) is 31.2 Å². The third-order valence-corrected chi connectivity index (χ3v) is 5.93. The van der Waals surface area contributed by atoms with Gasteiger partial charge < -0.3 is 15.0 Å². The zero-order chi connectivity index (χ0) is 23.5. The molecule has 0 aliphatic carbocycles. The summed E-state index contributed by atoms with van der Waals surface area (Å²) in [6.45, 7) is 7.35. The number of hydrogen-bond acceptors (Lipinski definition) is 5. The molecule has 172 valence electrons. The summed E-state index contributed by atoms with van der Waals surface area (Å²) in [4.78, 5) is 42.2. The lowest BCUT2D eigenvalue weighted by molar-refractivity contribution is -0.121. The summed E-state index contributed by atoms with van der Waals surface area (Å²) in [6, 6.07) is 14.2. The summed E-state index contributed by atoms with van der Waals surface area (Å²) < 4.78 is 5.72. The molecule has 2 aromatic rings. The van der Waals surface area contributed by atoms with Crippen LogP contribution in [0.2, 0.25) is 0 Å². The van der Waals surface area contributed by atoms with Crippen molar-refractivity contribution in [2.75, 3.05) is 29.9 Å². The Morgan fingerprint density at radius 1 is 1.09 bits per heavy atom. The maximum Gasteiger partial charge on any atom is 0.282 e. The van der Waals surface area contributed by atoms with E-state index in [9.17, 15) is 14.4 Å². The Balaban J connectivity index is 1.80. The van der Waals surface area contributed by atoms with Gasteiger partial charge in [-0.05, 0) is 55.5 Å². The van der Waals surface area contributed by atoms with Crippen molar-refractivity contribution < 1.29 is 19.1 Å². The topological polar surface area (TPSA) is 79.0 Å². The number of carbonyl (C=O) groups excluding carboxylic acids is 3. The summed E-state index contributed by atoms with van der Waals surface area (Å²) in [6.07, 6.45) is 2.07. The maximum atomic E-state index is 13.8. The average Bonchev–Trinajstić information content (AvgIpc) is 3.04. The van der Waals surface area contributed by atoms with Crippen LogP contribution in [0, 0.1) is 5.92 Å². The fourth-order valence-electron chi connectivity index (χ4n) is 4.53. The first-order valence-corrected chi connectivity index (χ1v) is 11.4. The molecule has 2 heterocycles. The molecule has 1 atom stereocenters. The standard InChI is InChI=1S/C26H29N3O4/c1-4-33-22-10-6-5-9-21(22)29-25(31)23(19-11-13-20(14-12-19)27-18(3)30)24(26(29)32)28-15-7-8-17(2)16-28/h5-6,9-14,17H,4,7-8,15-16H2,1-3H3,(H,27,30). The third-order valence-electron chi connectivity index (χ3n) is 5.93. The molecule has 0 saturated carbocycles. The SMILES string of the molecule is CCOc1ccccc1N1C(=O)C(c2ccc(NC(C)=O)cc2)=C(N2CCCC(C)C2)C1=O. The number of likely N-dealkylation sites (tertiary alicyclic amines) is 1. The first-order valence-electron chi connectivity index (χ1n) is 11.4. The van der Waals surface area contributed by atoms with Gasteiger partial charge in [-0.25, -0.2) is 4.90 Å². The van der Waals surface area contributed by atoms with Crippen LogP contribution in [0.15, 0.2) is 54.2 Å². The highest BCUT2D eigenvalue weighted by Gasteiger charge is 2.44. The fourth-order valence-corrected chi connectivity index (χ4v) is 4.53. The molecule has 0 aromatic heterocycles. The van der Waals surface area contributed by atoms with Crippen LogP contribution >= 0.6 is 0 Å². The molecule has 1 N–H and O–H groups in total. The smallest absolute Gasteiger partial charge is 0.282 e. The van der Waals surface area contributed by atoms with Crippen molar-refractivity contribution in [3.05, 3.63) is 59.8 Å². The van der Waals surface area contributed by atoms with E-state index in [4.69, 9.17) is 4.74 Å². The van der Waals surface area contributed by atoms with Gasteiger partial charge in [-0.3, -0.25) is 14.4 Å². The number of amides is 3. The van der Waals surface area contributed by atoms with Crippen molar-refractivity contribution in [1.29, 1.82) is 0 Å². The first-order chi connectivity index (χ1) is 15.9. The Labute approximate surface area is 194 Å². The number of hydrogen-bond donors (Lipinski definition) is 1. The number of ether oxygens (including phenoxy) is 1. The predicted molar refractivity (Wildman–Crippen MR) is 128 cm³/mol. The normalized spacial score (nSPS) is 18.7. The number of rotatable bonds is 6. The van der Waals surface area contributed by atoms with Gasteiger partial charge in [0.1, 0.15) is 11.4 Å². The van der Waals surface area contributed by atoms with Gasteiger partial charge in [-0.2, -0.15) is 0 Å². The van der Waals surface area contributed by atoms with Gasteiger partial charge in [0.2, 0.25) is 5.91 Å². The summed E-state index contributed by atoms with van der Waals surface area (Å²) in [5.74, 6) is 0.0586. The summed E-state index contributed by atoms with van der Waals surface area (Å²) >= 11 is 0. The van der Waals surface area contributed by atoms with Crippen molar-refractivity contribution in [1.82, 2.24) is 4.90 Å². The van der Waals surface area contributed by atoms with Crippen molar-refractivity contribution in [2.45, 2.75) is 33.6 Å². The minimum Gasteiger partial charge on any atom is -0.492 e. The van der Waals surface area contributed by atoms with Gasteiger partial charge in [0.05, 0.1) is 17.9 Å². The van der Waals surface area contributed by atoms with Crippen molar-refractivity contribution in [3.8, 4) is 5.75 Å². The third kappa shape index (κ3) is 4.49. The van der Waals surface area contributed by atoms with Gasteiger partial charge in [0.25, 0.3) is 11.8 Å². The second-order valence-electron chi connectivity index (χ2n) is 8.52. The van der Waals surface area contributed by atoms with E-state index in [1.54, 1.807) is 42.5 Å². The molecule has 0 spiro atoms. The number of nitrogens with one attached hydrogen (secondary N) is 1. The first kappa shape index (κ1) is 22.6. The van der Waals surface area contributed by atoms with Crippen LogP contribution in [0.4, 0.5) is 11.4 Å². The molecule has 2 aliphatic rings. The quantitative estimate of drug-likeness (QED) is 0.676. The number of carbonyl (C=O) groups is 3. The van der Waals surface area contributed by atoms with E-state index in [1.165, 1.54) is 11.8 Å². The summed E-state index contributed by atoms with van der Waals surface area (Å²) in [5.41, 5.74) is 2.55. The maximum absolute atomic E-state index is 13.8. The van der Waals surface area contributed by atoms with Crippen LogP contribution in [0.3, 0.4) is 0 Å². The zero-order valence-corrected chi connectivity index (χ0v) is 19.3. The molecule has 2 aromatic carbocycles. The molecule has 7 heteroatoms. The molecule has 3 amide bonds. The van der Waals surface area contributed by atoms with Gasteiger partial charge >= 0.3 is 0 Å². The minimum absolute atomic E-state index is 0.171. The van der Waals surface area contributed by atoms with E-state index in [2.05, 4.69) is 17.1 Å². The highest BCUT2D eigenvalue weighted by Crippen LogP contribution is 2.39. The van der Waals surface area contributed by atoms with Gasteiger partial charge in [0, 0.05) is 25.7 Å². The number of piperidine rings is 1. The number of imide groups is 1. The van der Waals surface area contributed by atoms with Crippen LogP contribution in [0.5, 0.6) is 5.75 Å². The molecule has 0 bridgehead atoms. The molecule has 0 radical (unpaired) electrons. The van der Waals surface area contributed by atoms with E-state index in [0.717, 1.165) is 25.9 Å². The van der Waals surface area contributed by atoms with Crippen LogP contribution in [0.25, 0.3) is 5.57 Å². The summed E-state index contributed by atoms with van der Waals surface area (Å²) in [5, 5.41) is 2.73. The average molecular weight is 448 g/mol.